The van der Waals surface area contributed by atoms with Crippen molar-refractivity contribution in [2.24, 2.45) is 0 Å². The van der Waals surface area contributed by atoms with Gasteiger partial charge >= 0.3 is 12.1 Å². The first-order valence-electron chi connectivity index (χ1n) is 11.6. The molecule has 6 heteroatoms. The van der Waals surface area contributed by atoms with Crippen LogP contribution in [0.25, 0.3) is 16.8 Å². The third-order valence-electron chi connectivity index (χ3n) is 6.17. The summed E-state index contributed by atoms with van der Waals surface area (Å²) in [5, 5.41) is 11.9. The summed E-state index contributed by atoms with van der Waals surface area (Å²) in [5.41, 5.74) is 3.06. The molecule has 34 heavy (non-hydrogen) atoms. The van der Waals surface area contributed by atoms with Gasteiger partial charge in [0.1, 0.15) is 0 Å². The maximum Gasteiger partial charge on any atom is 0.407 e. The topological polar surface area (TPSA) is 76.1 Å². The number of nitrogens with zero attached hydrogens (tertiary/aromatic N) is 1. The van der Waals surface area contributed by atoms with Crippen LogP contribution in [0.15, 0.2) is 72.8 Å². The molecule has 1 saturated heterocycles. The molecule has 0 spiro atoms. The number of esters is 1. The molecule has 0 bridgehead atoms. The van der Waals surface area contributed by atoms with Crippen molar-refractivity contribution in [2.45, 2.75) is 32.0 Å². The number of fused-ring (bicyclic) bond motifs is 1. The molecule has 0 aliphatic carbocycles. The second-order valence-electron chi connectivity index (χ2n) is 8.41. The van der Waals surface area contributed by atoms with E-state index >= 15 is 0 Å². The summed E-state index contributed by atoms with van der Waals surface area (Å²) in [6, 6.07) is 22.4. The Balaban J connectivity index is 1.48. The van der Waals surface area contributed by atoms with Crippen molar-refractivity contribution in [3.63, 3.8) is 0 Å². The van der Waals surface area contributed by atoms with Crippen LogP contribution in [0.5, 0.6) is 0 Å². The Morgan fingerprint density at radius 3 is 2.56 bits per heavy atom. The number of amides is 1. The molecule has 176 valence electrons. The summed E-state index contributed by atoms with van der Waals surface area (Å²) in [6.07, 6.45) is 2.66. The number of hydrogen-bond acceptors (Lipinski definition) is 4. The molecule has 2 atom stereocenters. The Labute approximate surface area is 199 Å². The summed E-state index contributed by atoms with van der Waals surface area (Å²) in [7, 11) is 0. The lowest BCUT2D eigenvalue weighted by atomic mass is 9.86. The van der Waals surface area contributed by atoms with Gasteiger partial charge in [-0.2, -0.15) is 0 Å². The Morgan fingerprint density at radius 2 is 1.82 bits per heavy atom. The maximum absolute atomic E-state index is 11.6. The normalized spacial score (nSPS) is 18.3. The standard InChI is InChI=1S/C28H29NO5/c1-2-33-27(30)14-10-20-7-12-23(13-8-20)25-15-16-29(28(31)32)18-26(25)34-19-21-9-11-22-5-3-4-6-24(22)17-21/h3-14,17,25-26H,2,15-16,18-19H2,1H3,(H,31,32). The number of carbonyl (C=O) groups is 2. The molecule has 1 N–H and O–H groups in total. The molecule has 3 aromatic carbocycles. The van der Waals surface area contributed by atoms with Gasteiger partial charge in [0.2, 0.25) is 0 Å². The summed E-state index contributed by atoms with van der Waals surface area (Å²) in [6.45, 7) is 3.34. The molecule has 1 heterocycles. The number of carbonyl (C=O) groups excluding carboxylic acids is 1. The summed E-state index contributed by atoms with van der Waals surface area (Å²) in [4.78, 5) is 24.6. The Hall–Kier alpha value is -3.64. The minimum Gasteiger partial charge on any atom is -0.465 e. The average molecular weight is 460 g/mol. The minimum absolute atomic E-state index is 0.0825. The van der Waals surface area contributed by atoms with E-state index in [1.54, 1.807) is 13.0 Å². The number of carboxylic acid groups (broad SMARTS) is 1. The van der Waals surface area contributed by atoms with Crippen LogP contribution in [-0.4, -0.2) is 47.9 Å². The number of rotatable bonds is 7. The molecule has 3 aromatic rings. The van der Waals surface area contributed by atoms with Gasteiger partial charge in [0, 0.05) is 18.5 Å². The highest BCUT2D eigenvalue weighted by Gasteiger charge is 2.33. The van der Waals surface area contributed by atoms with Crippen LogP contribution in [0, 0.1) is 0 Å². The van der Waals surface area contributed by atoms with Crippen molar-refractivity contribution < 1.29 is 24.2 Å². The van der Waals surface area contributed by atoms with E-state index in [-0.39, 0.29) is 18.0 Å². The first-order chi connectivity index (χ1) is 16.5. The van der Waals surface area contributed by atoms with E-state index in [0.29, 0.717) is 32.7 Å². The molecule has 0 radical (unpaired) electrons. The number of likely N-dealkylation sites (tertiary alicyclic amines) is 1. The molecule has 1 aliphatic heterocycles. The van der Waals surface area contributed by atoms with Crippen LogP contribution >= 0.6 is 0 Å². The Bertz CT molecular complexity index is 1170. The van der Waals surface area contributed by atoms with Gasteiger partial charge in [0.25, 0.3) is 0 Å². The van der Waals surface area contributed by atoms with E-state index in [9.17, 15) is 14.7 Å². The fraction of sp³-hybridized carbons (Fsp3) is 0.286. The van der Waals surface area contributed by atoms with E-state index < -0.39 is 6.09 Å². The predicted octanol–water partition coefficient (Wildman–Crippen LogP) is 5.47. The number of benzene rings is 3. The fourth-order valence-electron chi connectivity index (χ4n) is 4.38. The first-order valence-corrected chi connectivity index (χ1v) is 11.6. The quantitative estimate of drug-likeness (QED) is 0.375. The van der Waals surface area contributed by atoms with Crippen LogP contribution in [-0.2, 0) is 20.9 Å². The van der Waals surface area contributed by atoms with E-state index in [2.05, 4.69) is 30.3 Å². The zero-order valence-electron chi connectivity index (χ0n) is 19.2. The van der Waals surface area contributed by atoms with Crippen molar-refractivity contribution in [2.75, 3.05) is 19.7 Å². The van der Waals surface area contributed by atoms with Gasteiger partial charge in [0.05, 0.1) is 25.9 Å². The zero-order valence-corrected chi connectivity index (χ0v) is 19.2. The van der Waals surface area contributed by atoms with E-state index in [4.69, 9.17) is 9.47 Å². The highest BCUT2D eigenvalue weighted by Crippen LogP contribution is 2.32. The van der Waals surface area contributed by atoms with Gasteiger partial charge in [0.15, 0.2) is 0 Å². The predicted molar refractivity (Wildman–Crippen MR) is 132 cm³/mol. The monoisotopic (exact) mass is 459 g/mol. The molecule has 1 amide bonds. The summed E-state index contributed by atoms with van der Waals surface area (Å²) < 4.78 is 11.2. The van der Waals surface area contributed by atoms with Crippen LogP contribution in [0.2, 0.25) is 0 Å². The minimum atomic E-state index is -0.919. The van der Waals surface area contributed by atoms with Gasteiger partial charge in [-0.1, -0.05) is 60.7 Å². The van der Waals surface area contributed by atoms with E-state index in [1.165, 1.54) is 16.4 Å². The van der Waals surface area contributed by atoms with Gasteiger partial charge in [-0.3, -0.25) is 0 Å². The second-order valence-corrected chi connectivity index (χ2v) is 8.41. The fourth-order valence-corrected chi connectivity index (χ4v) is 4.38. The molecule has 6 nitrogen and oxygen atoms in total. The number of hydrogen-bond donors (Lipinski definition) is 1. The SMILES string of the molecule is CCOC(=O)C=Cc1ccc(C2CCN(C(=O)O)CC2OCc2ccc3ccccc3c2)cc1. The van der Waals surface area contributed by atoms with Crippen molar-refractivity contribution in [1.82, 2.24) is 4.90 Å². The number of ether oxygens (including phenoxy) is 2. The lowest BCUT2D eigenvalue weighted by molar-refractivity contribution is -0.137. The number of piperidine rings is 1. The van der Waals surface area contributed by atoms with E-state index in [1.807, 2.05) is 36.4 Å². The van der Waals surface area contributed by atoms with Crippen molar-refractivity contribution in [3.8, 4) is 0 Å². The molecule has 0 saturated carbocycles. The maximum atomic E-state index is 11.6. The van der Waals surface area contributed by atoms with Crippen molar-refractivity contribution >= 4 is 28.9 Å². The van der Waals surface area contributed by atoms with Crippen LogP contribution in [0.1, 0.15) is 36.0 Å². The summed E-state index contributed by atoms with van der Waals surface area (Å²) in [5.74, 6) is -0.283. The molecule has 0 aromatic heterocycles. The molecule has 1 aliphatic rings. The molecular formula is C28H29NO5. The van der Waals surface area contributed by atoms with Crippen molar-refractivity contribution in [3.05, 3.63) is 89.5 Å². The van der Waals surface area contributed by atoms with Crippen LogP contribution in [0.3, 0.4) is 0 Å². The molecule has 1 fully saturated rings. The van der Waals surface area contributed by atoms with Gasteiger partial charge in [-0.25, -0.2) is 9.59 Å². The molecule has 2 unspecified atom stereocenters. The Morgan fingerprint density at radius 1 is 1.06 bits per heavy atom. The van der Waals surface area contributed by atoms with Gasteiger partial charge in [-0.15, -0.1) is 0 Å². The van der Waals surface area contributed by atoms with Crippen LogP contribution < -0.4 is 0 Å². The smallest absolute Gasteiger partial charge is 0.407 e. The molecular weight excluding hydrogens is 430 g/mol. The third-order valence-corrected chi connectivity index (χ3v) is 6.17. The lowest BCUT2D eigenvalue weighted by Gasteiger charge is -2.37. The largest absolute Gasteiger partial charge is 0.465 e. The summed E-state index contributed by atoms with van der Waals surface area (Å²) >= 11 is 0. The third kappa shape index (κ3) is 5.83. The lowest BCUT2D eigenvalue weighted by Crippen LogP contribution is -2.46. The average Bonchev–Trinajstić information content (AvgIpc) is 2.86. The highest BCUT2D eigenvalue weighted by molar-refractivity contribution is 5.87. The van der Waals surface area contributed by atoms with E-state index in [0.717, 1.165) is 22.1 Å². The van der Waals surface area contributed by atoms with Gasteiger partial charge < -0.3 is 19.5 Å². The van der Waals surface area contributed by atoms with Crippen molar-refractivity contribution in [1.29, 1.82) is 0 Å². The zero-order chi connectivity index (χ0) is 23.9. The Kier molecular flexibility index (Phi) is 7.60. The highest BCUT2D eigenvalue weighted by atomic mass is 16.5. The molecule has 4 rings (SSSR count). The van der Waals surface area contributed by atoms with Crippen LogP contribution in [0.4, 0.5) is 4.79 Å². The first kappa shape index (κ1) is 23.5. The second kappa shape index (κ2) is 11.0. The van der Waals surface area contributed by atoms with Gasteiger partial charge in [-0.05, 0) is 52.9 Å².